The van der Waals surface area contributed by atoms with Crippen LogP contribution in [-0.4, -0.2) is 25.0 Å². The van der Waals surface area contributed by atoms with Gasteiger partial charge in [-0.3, -0.25) is 10.2 Å². The van der Waals surface area contributed by atoms with Gasteiger partial charge in [-0.15, -0.1) is 12.4 Å². The monoisotopic (exact) mass is 455 g/mol. The minimum atomic E-state index is -1.46. The second kappa shape index (κ2) is 12.2. The number of amides is 1. The van der Waals surface area contributed by atoms with E-state index in [4.69, 9.17) is 20.6 Å². The molecule has 0 saturated carbocycles. The van der Waals surface area contributed by atoms with Gasteiger partial charge in [0.25, 0.3) is 5.91 Å². The summed E-state index contributed by atoms with van der Waals surface area (Å²) in [5, 5.41) is 10.0. The van der Waals surface area contributed by atoms with Gasteiger partial charge in [-0.2, -0.15) is 0 Å². The number of benzene rings is 2. The van der Waals surface area contributed by atoms with Gasteiger partial charge in [-0.25, -0.2) is 8.78 Å². The van der Waals surface area contributed by atoms with Gasteiger partial charge in [-0.05, 0) is 30.5 Å². The maximum Gasteiger partial charge on any atom is 0.254 e. The Labute approximate surface area is 187 Å². The summed E-state index contributed by atoms with van der Waals surface area (Å²) in [5.74, 6) is -2.55. The number of halogens is 3. The SMILES string of the molecule is CCO[C@H](C(=O)NCc1ccc(C(=N)N)cc1)c1c(F)ccc(OCC(C)C)c1F.Cl. The summed E-state index contributed by atoms with van der Waals surface area (Å²) in [6, 6.07) is 8.97. The highest BCUT2D eigenvalue weighted by molar-refractivity contribution is 5.94. The summed E-state index contributed by atoms with van der Waals surface area (Å²) in [7, 11) is 0. The first-order chi connectivity index (χ1) is 14.2. The second-order valence-electron chi connectivity index (χ2n) is 7.14. The molecule has 0 radical (unpaired) electrons. The molecule has 0 spiro atoms. The number of carbonyl (C=O) groups excluding carboxylic acids is 1. The van der Waals surface area contributed by atoms with Crippen LogP contribution in [0.4, 0.5) is 8.78 Å². The van der Waals surface area contributed by atoms with Crippen LogP contribution in [-0.2, 0) is 16.1 Å². The average Bonchev–Trinajstić information content (AvgIpc) is 2.71. The summed E-state index contributed by atoms with van der Waals surface area (Å²) in [6.45, 7) is 5.90. The minimum Gasteiger partial charge on any atom is -0.490 e. The maximum atomic E-state index is 14.9. The van der Waals surface area contributed by atoms with Crippen molar-refractivity contribution < 1.29 is 23.0 Å². The summed E-state index contributed by atoms with van der Waals surface area (Å²) >= 11 is 0. The van der Waals surface area contributed by atoms with Gasteiger partial charge < -0.3 is 20.5 Å². The van der Waals surface area contributed by atoms with E-state index in [2.05, 4.69) is 5.32 Å². The van der Waals surface area contributed by atoms with Crippen LogP contribution in [0.3, 0.4) is 0 Å². The van der Waals surface area contributed by atoms with Crippen molar-refractivity contribution in [3.63, 3.8) is 0 Å². The summed E-state index contributed by atoms with van der Waals surface area (Å²) in [5.41, 5.74) is 6.22. The Kier molecular flexibility index (Phi) is 10.4. The molecule has 1 amide bonds. The van der Waals surface area contributed by atoms with Crippen molar-refractivity contribution in [1.29, 1.82) is 5.41 Å². The lowest BCUT2D eigenvalue weighted by molar-refractivity contribution is -0.133. The third-order valence-electron chi connectivity index (χ3n) is 4.23. The largest absolute Gasteiger partial charge is 0.490 e. The summed E-state index contributed by atoms with van der Waals surface area (Å²) in [6.07, 6.45) is -1.46. The first-order valence-electron chi connectivity index (χ1n) is 9.67. The van der Waals surface area contributed by atoms with E-state index in [9.17, 15) is 13.6 Å². The number of nitrogens with one attached hydrogen (secondary N) is 2. The number of amidine groups is 1. The van der Waals surface area contributed by atoms with Crippen molar-refractivity contribution in [2.24, 2.45) is 11.7 Å². The normalized spacial score (nSPS) is 11.5. The molecule has 0 aromatic heterocycles. The van der Waals surface area contributed by atoms with Gasteiger partial charge in [0.2, 0.25) is 0 Å². The minimum absolute atomic E-state index is 0. The molecule has 2 aromatic rings. The molecule has 0 aliphatic rings. The van der Waals surface area contributed by atoms with Crippen LogP contribution in [0.1, 0.15) is 43.6 Å². The molecule has 0 heterocycles. The zero-order valence-electron chi connectivity index (χ0n) is 17.7. The molecule has 170 valence electrons. The van der Waals surface area contributed by atoms with Crippen molar-refractivity contribution in [3.05, 3.63) is 64.7 Å². The first-order valence-corrected chi connectivity index (χ1v) is 9.67. The van der Waals surface area contributed by atoms with Crippen LogP contribution >= 0.6 is 12.4 Å². The molecule has 2 aromatic carbocycles. The highest BCUT2D eigenvalue weighted by Crippen LogP contribution is 2.30. The molecule has 0 aliphatic heterocycles. The number of carbonyl (C=O) groups is 1. The molecule has 31 heavy (non-hydrogen) atoms. The van der Waals surface area contributed by atoms with Crippen LogP contribution in [0.15, 0.2) is 36.4 Å². The second-order valence-corrected chi connectivity index (χ2v) is 7.14. The molecular formula is C22H28ClF2N3O3. The van der Waals surface area contributed by atoms with Gasteiger partial charge in [-0.1, -0.05) is 38.1 Å². The Morgan fingerprint density at radius 2 is 1.81 bits per heavy atom. The van der Waals surface area contributed by atoms with Crippen LogP contribution in [0.2, 0.25) is 0 Å². The molecule has 0 unspecified atom stereocenters. The molecule has 2 rings (SSSR count). The zero-order chi connectivity index (χ0) is 22.3. The number of ether oxygens (including phenoxy) is 2. The number of hydrogen-bond acceptors (Lipinski definition) is 4. The number of rotatable bonds is 10. The van der Waals surface area contributed by atoms with Gasteiger partial charge in [0.1, 0.15) is 11.7 Å². The molecule has 0 aliphatic carbocycles. The molecule has 1 atom stereocenters. The molecule has 4 N–H and O–H groups in total. The molecule has 0 fully saturated rings. The fourth-order valence-electron chi connectivity index (χ4n) is 2.70. The van der Waals surface area contributed by atoms with Gasteiger partial charge in [0, 0.05) is 18.7 Å². The predicted octanol–water partition coefficient (Wildman–Crippen LogP) is 4.10. The lowest BCUT2D eigenvalue weighted by atomic mass is 10.1. The van der Waals surface area contributed by atoms with E-state index in [1.54, 1.807) is 31.2 Å². The Morgan fingerprint density at radius 3 is 2.35 bits per heavy atom. The van der Waals surface area contributed by atoms with E-state index in [1.807, 2.05) is 13.8 Å². The quantitative estimate of drug-likeness (QED) is 0.371. The van der Waals surface area contributed by atoms with Crippen LogP contribution in [0.5, 0.6) is 5.75 Å². The smallest absolute Gasteiger partial charge is 0.254 e. The number of hydrogen-bond donors (Lipinski definition) is 3. The Balaban J connectivity index is 0.00000480. The van der Waals surface area contributed by atoms with Gasteiger partial charge in [0.15, 0.2) is 17.7 Å². The lowest BCUT2D eigenvalue weighted by Gasteiger charge is -2.20. The third kappa shape index (κ3) is 7.18. The first kappa shape index (κ1) is 26.3. The van der Waals surface area contributed by atoms with Crippen molar-refractivity contribution in [3.8, 4) is 5.75 Å². The van der Waals surface area contributed by atoms with E-state index < -0.39 is 29.2 Å². The maximum absolute atomic E-state index is 14.9. The zero-order valence-corrected chi connectivity index (χ0v) is 18.5. The van der Waals surface area contributed by atoms with Crippen molar-refractivity contribution >= 4 is 24.1 Å². The summed E-state index contributed by atoms with van der Waals surface area (Å²) < 4.78 is 40.2. The van der Waals surface area contributed by atoms with E-state index >= 15 is 0 Å². The number of nitrogens with two attached hydrogens (primary N) is 1. The number of nitrogen functional groups attached to an aromatic ring is 1. The fraction of sp³-hybridized carbons (Fsp3) is 0.364. The van der Waals surface area contributed by atoms with Gasteiger partial charge >= 0.3 is 0 Å². The fourth-order valence-corrected chi connectivity index (χ4v) is 2.70. The lowest BCUT2D eigenvalue weighted by Crippen LogP contribution is -2.32. The van der Waals surface area contributed by atoms with Crippen LogP contribution < -0.4 is 15.8 Å². The highest BCUT2D eigenvalue weighted by atomic mass is 35.5. The molecule has 0 bridgehead atoms. The summed E-state index contributed by atoms with van der Waals surface area (Å²) in [4.78, 5) is 12.7. The van der Waals surface area contributed by atoms with Gasteiger partial charge in [0.05, 0.1) is 12.2 Å². The van der Waals surface area contributed by atoms with E-state index in [0.29, 0.717) is 5.56 Å². The average molecular weight is 456 g/mol. The Morgan fingerprint density at radius 1 is 1.16 bits per heavy atom. The topological polar surface area (TPSA) is 97.4 Å². The van der Waals surface area contributed by atoms with Crippen molar-refractivity contribution in [1.82, 2.24) is 5.32 Å². The molecule has 0 saturated heterocycles. The third-order valence-corrected chi connectivity index (χ3v) is 4.23. The van der Waals surface area contributed by atoms with Crippen LogP contribution in [0.25, 0.3) is 0 Å². The van der Waals surface area contributed by atoms with E-state index in [0.717, 1.165) is 11.6 Å². The Hall–Kier alpha value is -2.71. The Bertz CT molecular complexity index is 892. The predicted molar refractivity (Wildman–Crippen MR) is 118 cm³/mol. The van der Waals surface area contributed by atoms with E-state index in [-0.39, 0.29) is 49.7 Å². The highest BCUT2D eigenvalue weighted by Gasteiger charge is 2.29. The molecule has 9 heteroatoms. The standard InChI is InChI=1S/C22H27F2N3O3.ClH/c1-4-29-20(18-16(23)9-10-17(19(18)24)30-12-13(2)3)22(28)27-11-14-5-7-15(8-6-14)21(25)26;/h5-10,13,20H,4,11-12H2,1-3H3,(H3,25,26)(H,27,28);1H/t20-;/m0./s1. The van der Waals surface area contributed by atoms with Crippen LogP contribution in [0, 0.1) is 23.0 Å². The molecule has 6 nitrogen and oxygen atoms in total. The van der Waals surface area contributed by atoms with Crippen molar-refractivity contribution in [2.75, 3.05) is 13.2 Å². The molecular weight excluding hydrogens is 428 g/mol. The van der Waals surface area contributed by atoms with Crippen molar-refractivity contribution in [2.45, 2.75) is 33.4 Å². The van der Waals surface area contributed by atoms with E-state index in [1.165, 1.54) is 6.07 Å².